The zero-order valence-electron chi connectivity index (χ0n) is 26.0. The fourth-order valence-corrected chi connectivity index (χ4v) is 6.91. The number of hydrogen-bond donors (Lipinski definition) is 1. The second-order valence-corrected chi connectivity index (χ2v) is 13.0. The second kappa shape index (κ2) is 12.2. The van der Waals surface area contributed by atoms with Gasteiger partial charge in [-0.2, -0.15) is 0 Å². The molecule has 1 saturated heterocycles. The molecule has 1 aliphatic heterocycles. The molecule has 2 amide bonds. The van der Waals surface area contributed by atoms with Crippen LogP contribution in [-0.4, -0.2) is 84.3 Å². The first-order valence-corrected chi connectivity index (χ1v) is 15.9. The van der Waals surface area contributed by atoms with Gasteiger partial charge in [0.15, 0.2) is 0 Å². The molecule has 2 fully saturated rings. The van der Waals surface area contributed by atoms with Crippen LogP contribution in [-0.2, 0) is 6.54 Å². The van der Waals surface area contributed by atoms with Crippen molar-refractivity contribution < 1.29 is 9.32 Å². The van der Waals surface area contributed by atoms with Crippen molar-refractivity contribution in [3.8, 4) is 22.8 Å². The van der Waals surface area contributed by atoms with Crippen LogP contribution in [0.15, 0.2) is 33.8 Å². The summed E-state index contributed by atoms with van der Waals surface area (Å²) < 4.78 is 7.12. The van der Waals surface area contributed by atoms with Crippen LogP contribution in [0, 0.1) is 11.8 Å². The Morgan fingerprint density at radius 3 is 2.45 bits per heavy atom. The van der Waals surface area contributed by atoms with Gasteiger partial charge >= 0.3 is 11.8 Å². The molecule has 0 aromatic carbocycles. The maximum Gasteiger partial charge on any atom is 0.439 e. The number of carbonyl (C=O) groups is 1. The summed E-state index contributed by atoms with van der Waals surface area (Å²) in [5, 5.41) is 4.39. The van der Waals surface area contributed by atoms with Crippen LogP contribution in [0.1, 0.15) is 53.4 Å². The summed E-state index contributed by atoms with van der Waals surface area (Å²) in [7, 11) is 1.84. The molecule has 1 N–H and O–H groups in total. The molecule has 1 saturated carbocycles. The average molecular weight is 622 g/mol. The van der Waals surface area contributed by atoms with Crippen molar-refractivity contribution in [3.05, 3.63) is 40.1 Å². The van der Waals surface area contributed by atoms with E-state index in [9.17, 15) is 9.59 Å². The van der Waals surface area contributed by atoms with Gasteiger partial charge in [-0.15, -0.1) is 0 Å². The number of H-pyrrole nitrogens is 1. The third-order valence-corrected chi connectivity index (χ3v) is 9.37. The van der Waals surface area contributed by atoms with E-state index in [2.05, 4.69) is 45.4 Å². The van der Waals surface area contributed by atoms with Gasteiger partial charge in [-0.25, -0.2) is 19.6 Å². The number of carbonyl (C=O) groups excluding carboxylic acids is 1. The molecule has 234 valence electrons. The van der Waals surface area contributed by atoms with E-state index in [1.807, 2.05) is 31.0 Å². The molecule has 6 rings (SSSR count). The van der Waals surface area contributed by atoms with Crippen LogP contribution >= 0.6 is 11.6 Å². The lowest BCUT2D eigenvalue weighted by atomic mass is 9.83. The molecular weight excluding hydrogens is 582 g/mol. The predicted molar refractivity (Wildman–Crippen MR) is 170 cm³/mol. The number of rotatable bonds is 6. The highest BCUT2D eigenvalue weighted by Gasteiger charge is 2.36. The fraction of sp³-hybridized carbons (Fsp3) is 0.548. The molecule has 44 heavy (non-hydrogen) atoms. The van der Waals surface area contributed by atoms with Crippen molar-refractivity contribution >= 4 is 34.6 Å². The number of halogens is 1. The van der Waals surface area contributed by atoms with Crippen molar-refractivity contribution in [2.75, 3.05) is 31.6 Å². The highest BCUT2D eigenvalue weighted by Crippen LogP contribution is 2.38. The summed E-state index contributed by atoms with van der Waals surface area (Å²) in [5.74, 6) is 1.64. The maximum absolute atomic E-state index is 13.1. The number of piperazine rings is 1. The number of urea groups is 1. The summed E-state index contributed by atoms with van der Waals surface area (Å²) in [6.07, 6.45) is 8.04. The van der Waals surface area contributed by atoms with Gasteiger partial charge < -0.3 is 19.3 Å². The summed E-state index contributed by atoms with van der Waals surface area (Å²) in [6.45, 7) is 11.2. The van der Waals surface area contributed by atoms with Crippen molar-refractivity contribution in [1.29, 1.82) is 0 Å². The molecule has 2 atom stereocenters. The van der Waals surface area contributed by atoms with Gasteiger partial charge in [0, 0.05) is 63.3 Å². The third kappa shape index (κ3) is 5.79. The molecule has 4 aromatic rings. The number of hydrogen-bond acceptors (Lipinski definition) is 8. The van der Waals surface area contributed by atoms with Crippen LogP contribution in [0.3, 0.4) is 0 Å². The maximum atomic E-state index is 13.1. The fourth-order valence-electron chi connectivity index (χ4n) is 6.74. The zero-order valence-corrected chi connectivity index (χ0v) is 26.7. The topological polar surface area (TPSA) is 129 Å². The standard InChI is InChI=1S/C31H40ClN9O3/c1-6-38(5)31(43)39-15-19(3)41(20(4)16-39)29-35-24-12-25(28-36-30(42)44-37-28)34-26(22-11-23(32)14-33-13-22)27(24)40(29)17-21-9-7-18(2)8-10-21/h11-14,18-21H,6-10,15-17H2,1-5H3,(H,36,37,42)/t18?,19-,20-,21?/m1/s1. The molecular formula is C31H40ClN9O3. The molecule has 0 spiro atoms. The largest absolute Gasteiger partial charge is 0.439 e. The van der Waals surface area contributed by atoms with Crippen molar-refractivity contribution in [3.63, 3.8) is 0 Å². The molecule has 0 radical (unpaired) electrons. The minimum absolute atomic E-state index is 0.0190. The monoisotopic (exact) mass is 621 g/mol. The lowest BCUT2D eigenvalue weighted by molar-refractivity contribution is 0.146. The van der Waals surface area contributed by atoms with E-state index in [4.69, 9.17) is 26.1 Å². The van der Waals surface area contributed by atoms with Gasteiger partial charge in [0.1, 0.15) is 5.69 Å². The number of aromatic nitrogens is 6. The third-order valence-electron chi connectivity index (χ3n) is 9.16. The molecule has 5 heterocycles. The number of nitrogens with zero attached hydrogens (tertiary/aromatic N) is 8. The van der Waals surface area contributed by atoms with Gasteiger partial charge in [-0.3, -0.25) is 14.5 Å². The van der Waals surface area contributed by atoms with Gasteiger partial charge in [-0.1, -0.05) is 36.5 Å². The molecule has 1 aliphatic carbocycles. The predicted octanol–water partition coefficient (Wildman–Crippen LogP) is 5.29. The lowest BCUT2D eigenvalue weighted by Crippen LogP contribution is -2.60. The van der Waals surface area contributed by atoms with Gasteiger partial charge in [0.2, 0.25) is 11.8 Å². The number of pyridine rings is 2. The number of aromatic amines is 1. The summed E-state index contributed by atoms with van der Waals surface area (Å²) in [6, 6.07) is 3.77. The van der Waals surface area contributed by atoms with E-state index in [1.165, 1.54) is 12.8 Å². The Labute approximate surface area is 261 Å². The van der Waals surface area contributed by atoms with Crippen LogP contribution < -0.4 is 10.7 Å². The zero-order chi connectivity index (χ0) is 31.1. The highest BCUT2D eigenvalue weighted by molar-refractivity contribution is 6.30. The Kier molecular flexibility index (Phi) is 8.36. The smallest absolute Gasteiger partial charge is 0.333 e. The van der Waals surface area contributed by atoms with E-state index in [1.54, 1.807) is 17.3 Å². The van der Waals surface area contributed by atoms with Crippen LogP contribution in [0.25, 0.3) is 33.8 Å². The molecule has 0 unspecified atom stereocenters. The van der Waals surface area contributed by atoms with E-state index < -0.39 is 5.76 Å². The van der Waals surface area contributed by atoms with Crippen LogP contribution in [0.4, 0.5) is 10.7 Å². The molecule has 2 aliphatic rings. The Balaban J connectivity index is 1.52. The summed E-state index contributed by atoms with van der Waals surface area (Å²) in [4.78, 5) is 48.2. The Hall–Kier alpha value is -3.93. The molecule has 0 bridgehead atoms. The van der Waals surface area contributed by atoms with Crippen molar-refractivity contribution in [1.82, 2.24) is 39.5 Å². The Morgan fingerprint density at radius 1 is 1.09 bits per heavy atom. The first kappa shape index (κ1) is 30.1. The van der Waals surface area contributed by atoms with E-state index in [0.717, 1.165) is 47.8 Å². The van der Waals surface area contributed by atoms with Gasteiger partial charge in [0.25, 0.3) is 0 Å². The van der Waals surface area contributed by atoms with E-state index >= 15 is 0 Å². The molecule has 13 heteroatoms. The van der Waals surface area contributed by atoms with Crippen molar-refractivity contribution in [2.24, 2.45) is 11.8 Å². The average Bonchev–Trinajstić information content (AvgIpc) is 3.60. The number of nitrogens with one attached hydrogen (secondary N) is 1. The molecule has 12 nitrogen and oxygen atoms in total. The van der Waals surface area contributed by atoms with Crippen LogP contribution in [0.2, 0.25) is 5.02 Å². The number of anilines is 1. The van der Waals surface area contributed by atoms with Gasteiger partial charge in [-0.05, 0) is 57.6 Å². The number of imidazole rings is 1. The summed E-state index contributed by atoms with van der Waals surface area (Å²) in [5.41, 5.74) is 3.41. The number of fused-ring (bicyclic) bond motifs is 1. The minimum atomic E-state index is -0.658. The van der Waals surface area contributed by atoms with Crippen molar-refractivity contribution in [2.45, 2.75) is 72.0 Å². The van der Waals surface area contributed by atoms with Gasteiger partial charge in [0.05, 0.1) is 21.7 Å². The number of amides is 2. The lowest BCUT2D eigenvalue weighted by Gasteiger charge is -2.46. The summed E-state index contributed by atoms with van der Waals surface area (Å²) >= 11 is 6.42. The Bertz CT molecular complexity index is 1690. The Morgan fingerprint density at radius 2 is 1.82 bits per heavy atom. The first-order chi connectivity index (χ1) is 21.1. The van der Waals surface area contributed by atoms with Crippen LogP contribution in [0.5, 0.6) is 0 Å². The highest BCUT2D eigenvalue weighted by atomic mass is 35.5. The quantitative estimate of drug-likeness (QED) is 0.308. The molecule has 4 aromatic heterocycles. The van der Waals surface area contributed by atoms with E-state index in [0.29, 0.717) is 42.0 Å². The SMILES string of the molecule is CCN(C)C(=O)N1C[C@@H](C)N(c2nc3cc(-c4noc(=O)[nH]4)nc(-c4cncc(Cl)c4)c3n2CC2CCC(C)CC2)[C@H](C)C1. The second-order valence-electron chi connectivity index (χ2n) is 12.5. The minimum Gasteiger partial charge on any atom is -0.333 e. The van der Waals surface area contributed by atoms with E-state index in [-0.39, 0.29) is 23.9 Å². The normalized spacial score (nSPS) is 22.5. The first-order valence-electron chi connectivity index (χ1n) is 15.5.